The third-order valence-electron chi connectivity index (χ3n) is 5.14. The first-order valence-electron chi connectivity index (χ1n) is 11.1. The molecule has 33 heavy (non-hydrogen) atoms. The number of amides is 3. The quantitative estimate of drug-likeness (QED) is 0.314. The number of benzene rings is 2. The Bertz CT molecular complexity index is 936. The molecule has 3 amide bonds. The highest BCUT2D eigenvalue weighted by molar-refractivity contribution is 14.1. The number of nitrogens with one attached hydrogen (secondary N) is 3. The lowest BCUT2D eigenvalue weighted by Gasteiger charge is -2.23. The third kappa shape index (κ3) is 9.13. The second kappa shape index (κ2) is 13.3. The van der Waals surface area contributed by atoms with Crippen molar-refractivity contribution in [2.45, 2.75) is 58.3 Å². The van der Waals surface area contributed by atoms with Gasteiger partial charge in [-0.3, -0.25) is 14.4 Å². The van der Waals surface area contributed by atoms with Crippen molar-refractivity contribution in [3.63, 3.8) is 0 Å². The van der Waals surface area contributed by atoms with E-state index in [1.807, 2.05) is 68.4 Å². The fraction of sp³-hybridized carbons (Fsp3) is 0.400. The summed E-state index contributed by atoms with van der Waals surface area (Å²) in [5, 5.41) is 8.36. The molecule has 8 heteroatoms. The molecule has 3 atom stereocenters. The summed E-state index contributed by atoms with van der Waals surface area (Å²) in [4.78, 5) is 38.1. The zero-order valence-corrected chi connectivity index (χ0v) is 21.5. The maximum atomic E-state index is 13.0. The van der Waals surface area contributed by atoms with E-state index in [1.54, 1.807) is 6.92 Å². The van der Waals surface area contributed by atoms with Gasteiger partial charge < -0.3 is 21.7 Å². The number of nitrogens with two attached hydrogens (primary N) is 1. The molecule has 2 aromatic carbocycles. The van der Waals surface area contributed by atoms with Crippen LogP contribution in [0.3, 0.4) is 0 Å². The fourth-order valence-electron chi connectivity index (χ4n) is 3.30. The standard InChI is InChI=1S/C25H33IN4O3/c1-16(2)13-21(27)24(32)29-17(3)23(31)30-22(14-18-9-5-4-6-10-18)25(33)28-15-19-11-7-8-12-20(19)26/h4-12,16-17,21-22H,13-15,27H2,1-3H3,(H,28,33)(H,29,32)(H,30,31)/t17-,21+,22+/m1/s1. The zero-order valence-electron chi connectivity index (χ0n) is 19.3. The van der Waals surface area contributed by atoms with Gasteiger partial charge in [-0.2, -0.15) is 0 Å². The molecule has 0 aliphatic heterocycles. The van der Waals surface area contributed by atoms with Gasteiger partial charge in [-0.1, -0.05) is 62.4 Å². The summed E-state index contributed by atoms with van der Waals surface area (Å²) in [6.45, 7) is 5.90. The second-order valence-corrected chi connectivity index (χ2v) is 9.69. The van der Waals surface area contributed by atoms with E-state index in [1.165, 1.54) is 0 Å². The molecule has 0 unspecified atom stereocenters. The van der Waals surface area contributed by atoms with Crippen LogP contribution in [0.4, 0.5) is 0 Å². The highest BCUT2D eigenvalue weighted by atomic mass is 127. The average Bonchev–Trinajstić information content (AvgIpc) is 2.78. The molecule has 0 fully saturated rings. The minimum absolute atomic E-state index is 0.265. The predicted octanol–water partition coefficient (Wildman–Crippen LogP) is 2.51. The molecule has 0 aliphatic carbocycles. The molecular weight excluding hydrogens is 531 g/mol. The van der Waals surface area contributed by atoms with Gasteiger partial charge in [0, 0.05) is 16.5 Å². The Labute approximate surface area is 209 Å². The second-order valence-electron chi connectivity index (χ2n) is 8.53. The molecule has 0 heterocycles. The van der Waals surface area contributed by atoms with Gasteiger partial charge in [0.15, 0.2) is 0 Å². The molecule has 2 aromatic rings. The van der Waals surface area contributed by atoms with Crippen LogP contribution < -0.4 is 21.7 Å². The fourth-order valence-corrected chi connectivity index (χ4v) is 3.88. The Morgan fingerprint density at radius 2 is 1.52 bits per heavy atom. The number of carbonyl (C=O) groups is 3. The topological polar surface area (TPSA) is 113 Å². The van der Waals surface area contributed by atoms with E-state index in [0.29, 0.717) is 19.4 Å². The van der Waals surface area contributed by atoms with Crippen molar-refractivity contribution < 1.29 is 14.4 Å². The van der Waals surface area contributed by atoms with Gasteiger partial charge in [-0.15, -0.1) is 0 Å². The summed E-state index contributed by atoms with van der Waals surface area (Å²) < 4.78 is 1.05. The molecule has 0 spiro atoms. The lowest BCUT2D eigenvalue weighted by atomic mass is 10.0. The zero-order chi connectivity index (χ0) is 24.4. The third-order valence-corrected chi connectivity index (χ3v) is 6.19. The molecule has 0 bridgehead atoms. The van der Waals surface area contributed by atoms with Crippen LogP contribution in [0.2, 0.25) is 0 Å². The van der Waals surface area contributed by atoms with Gasteiger partial charge in [0.05, 0.1) is 6.04 Å². The van der Waals surface area contributed by atoms with E-state index < -0.39 is 24.0 Å². The van der Waals surface area contributed by atoms with E-state index >= 15 is 0 Å². The Hall–Kier alpha value is -2.46. The summed E-state index contributed by atoms with van der Waals surface area (Å²) >= 11 is 2.22. The maximum Gasteiger partial charge on any atom is 0.243 e. The van der Waals surface area contributed by atoms with Gasteiger partial charge in [0.25, 0.3) is 0 Å². The molecular formula is C25H33IN4O3. The molecule has 0 aliphatic rings. The number of carbonyl (C=O) groups excluding carboxylic acids is 3. The molecule has 0 saturated heterocycles. The van der Waals surface area contributed by atoms with Crippen LogP contribution >= 0.6 is 22.6 Å². The van der Waals surface area contributed by atoms with E-state index in [9.17, 15) is 14.4 Å². The van der Waals surface area contributed by atoms with Gasteiger partial charge in [-0.05, 0) is 59.0 Å². The monoisotopic (exact) mass is 564 g/mol. The SMILES string of the molecule is CC(C)C[C@H](N)C(=O)N[C@H](C)C(=O)N[C@@H](Cc1ccccc1)C(=O)NCc1ccccc1I. The number of rotatable bonds is 11. The maximum absolute atomic E-state index is 13.0. The highest BCUT2D eigenvalue weighted by Gasteiger charge is 2.26. The Morgan fingerprint density at radius 3 is 2.15 bits per heavy atom. The predicted molar refractivity (Wildman–Crippen MR) is 138 cm³/mol. The van der Waals surface area contributed by atoms with E-state index in [0.717, 1.165) is 14.7 Å². The van der Waals surface area contributed by atoms with Crippen molar-refractivity contribution in [1.82, 2.24) is 16.0 Å². The van der Waals surface area contributed by atoms with Crippen LogP contribution in [-0.2, 0) is 27.3 Å². The number of hydrogen-bond acceptors (Lipinski definition) is 4. The lowest BCUT2D eigenvalue weighted by Crippen LogP contribution is -2.55. The largest absolute Gasteiger partial charge is 0.350 e. The summed E-state index contributed by atoms with van der Waals surface area (Å²) in [5.41, 5.74) is 7.83. The number of halogens is 1. The Kier molecular flexibility index (Phi) is 10.8. The van der Waals surface area contributed by atoms with Gasteiger partial charge in [0.1, 0.15) is 12.1 Å². The molecule has 7 nitrogen and oxygen atoms in total. The van der Waals surface area contributed by atoms with Gasteiger partial charge in [0.2, 0.25) is 17.7 Å². The van der Waals surface area contributed by atoms with E-state index in [4.69, 9.17) is 5.73 Å². The van der Waals surface area contributed by atoms with Crippen molar-refractivity contribution in [1.29, 1.82) is 0 Å². The van der Waals surface area contributed by atoms with E-state index in [2.05, 4.69) is 38.5 Å². The van der Waals surface area contributed by atoms with Crippen molar-refractivity contribution in [3.05, 3.63) is 69.3 Å². The van der Waals surface area contributed by atoms with Crippen molar-refractivity contribution in [2.75, 3.05) is 0 Å². The molecule has 0 aromatic heterocycles. The number of hydrogen-bond donors (Lipinski definition) is 4. The van der Waals surface area contributed by atoms with E-state index in [-0.39, 0.29) is 17.7 Å². The first kappa shape index (κ1) is 26.8. The van der Waals surface area contributed by atoms with Gasteiger partial charge >= 0.3 is 0 Å². The average molecular weight is 564 g/mol. The smallest absolute Gasteiger partial charge is 0.243 e. The minimum atomic E-state index is -0.822. The molecule has 5 N–H and O–H groups in total. The first-order chi connectivity index (χ1) is 15.7. The Morgan fingerprint density at radius 1 is 0.879 bits per heavy atom. The molecule has 2 rings (SSSR count). The van der Waals surface area contributed by atoms with Crippen LogP contribution in [0.15, 0.2) is 54.6 Å². The normalized spacial score (nSPS) is 13.6. The molecule has 178 valence electrons. The Balaban J connectivity index is 2.04. The lowest BCUT2D eigenvalue weighted by molar-refractivity contribution is -0.132. The van der Waals surface area contributed by atoms with Crippen molar-refractivity contribution in [3.8, 4) is 0 Å². The summed E-state index contributed by atoms with van der Waals surface area (Å²) in [6, 6.07) is 15.0. The molecule has 0 saturated carbocycles. The summed E-state index contributed by atoms with van der Waals surface area (Å²) in [6.07, 6.45) is 0.856. The summed E-state index contributed by atoms with van der Waals surface area (Å²) in [7, 11) is 0. The highest BCUT2D eigenvalue weighted by Crippen LogP contribution is 2.11. The summed E-state index contributed by atoms with van der Waals surface area (Å²) in [5.74, 6) is -0.845. The minimum Gasteiger partial charge on any atom is -0.350 e. The van der Waals surface area contributed by atoms with Crippen molar-refractivity contribution >= 4 is 40.3 Å². The van der Waals surface area contributed by atoms with Crippen LogP contribution in [0.5, 0.6) is 0 Å². The van der Waals surface area contributed by atoms with Gasteiger partial charge in [-0.25, -0.2) is 0 Å². The van der Waals surface area contributed by atoms with Crippen molar-refractivity contribution in [2.24, 2.45) is 11.7 Å². The van der Waals surface area contributed by atoms with Crippen LogP contribution in [-0.4, -0.2) is 35.8 Å². The van der Waals surface area contributed by atoms with Crippen LogP contribution in [0.25, 0.3) is 0 Å². The van der Waals surface area contributed by atoms with Crippen LogP contribution in [0, 0.1) is 9.49 Å². The van der Waals surface area contributed by atoms with Crippen LogP contribution in [0.1, 0.15) is 38.3 Å². The molecule has 0 radical (unpaired) electrons. The first-order valence-corrected chi connectivity index (χ1v) is 12.2.